The van der Waals surface area contributed by atoms with Crippen LogP contribution in [-0.4, -0.2) is 37.5 Å². The van der Waals surface area contributed by atoms with Crippen molar-refractivity contribution in [2.75, 3.05) is 13.1 Å². The first-order chi connectivity index (χ1) is 14.7. The van der Waals surface area contributed by atoms with Gasteiger partial charge in [-0.3, -0.25) is 4.68 Å². The van der Waals surface area contributed by atoms with Crippen LogP contribution in [0.4, 0.5) is 0 Å². The normalized spacial score (nSPS) is 16.6. The third kappa shape index (κ3) is 3.67. The second kappa shape index (κ2) is 8.11. The first-order valence-electron chi connectivity index (χ1n) is 9.67. The van der Waals surface area contributed by atoms with Crippen molar-refractivity contribution in [2.24, 2.45) is 0 Å². The minimum Gasteiger partial charge on any atom is -0.315 e. The summed E-state index contributed by atoms with van der Waals surface area (Å²) in [7, 11) is 0. The van der Waals surface area contributed by atoms with Gasteiger partial charge in [-0.15, -0.1) is 0 Å². The van der Waals surface area contributed by atoms with Crippen molar-refractivity contribution in [3.8, 4) is 17.2 Å². The van der Waals surface area contributed by atoms with E-state index in [0.717, 1.165) is 52.5 Å². The highest BCUT2D eigenvalue weighted by atomic mass is 35.5. The van der Waals surface area contributed by atoms with E-state index in [0.29, 0.717) is 16.6 Å². The zero-order chi connectivity index (χ0) is 20.5. The van der Waals surface area contributed by atoms with Crippen molar-refractivity contribution in [3.05, 3.63) is 59.8 Å². The Morgan fingerprint density at radius 1 is 1.17 bits per heavy atom. The molecule has 1 atom stereocenters. The van der Waals surface area contributed by atoms with Crippen molar-refractivity contribution in [1.29, 1.82) is 5.26 Å². The quantitative estimate of drug-likeness (QED) is 0.517. The predicted molar refractivity (Wildman–Crippen MR) is 116 cm³/mol. The van der Waals surface area contributed by atoms with E-state index >= 15 is 0 Å². The highest BCUT2D eigenvalue weighted by molar-refractivity contribution is 7.99. The Kier molecular flexibility index (Phi) is 5.17. The molecular weight excluding hydrogens is 418 g/mol. The Morgan fingerprint density at radius 3 is 2.87 bits per heavy atom. The van der Waals surface area contributed by atoms with Gasteiger partial charge in [0.15, 0.2) is 0 Å². The Balaban J connectivity index is 1.55. The summed E-state index contributed by atoms with van der Waals surface area (Å²) in [5, 5.41) is 23.3. The maximum atomic E-state index is 9.52. The Morgan fingerprint density at radius 2 is 2.10 bits per heavy atom. The van der Waals surface area contributed by atoms with Gasteiger partial charge >= 0.3 is 0 Å². The molecule has 1 saturated heterocycles. The average Bonchev–Trinajstić information content (AvgIpc) is 3.43. The molecule has 5 heterocycles. The molecule has 4 aromatic heterocycles. The molecule has 30 heavy (non-hydrogen) atoms. The van der Waals surface area contributed by atoms with Gasteiger partial charge < -0.3 is 5.32 Å². The monoisotopic (exact) mass is 435 g/mol. The highest BCUT2D eigenvalue weighted by Crippen LogP contribution is 2.35. The number of pyridine rings is 2. The molecule has 0 radical (unpaired) electrons. The molecule has 0 saturated carbocycles. The summed E-state index contributed by atoms with van der Waals surface area (Å²) in [5.41, 5.74) is 3.30. The van der Waals surface area contributed by atoms with Gasteiger partial charge in [0, 0.05) is 41.2 Å². The lowest BCUT2D eigenvalue weighted by Gasteiger charge is -2.22. The third-order valence-corrected chi connectivity index (χ3v) is 6.40. The number of nitriles is 1. The Labute approximate surface area is 182 Å². The van der Waals surface area contributed by atoms with Crippen LogP contribution in [0.5, 0.6) is 0 Å². The summed E-state index contributed by atoms with van der Waals surface area (Å²) in [6.07, 6.45) is 11.4. The van der Waals surface area contributed by atoms with Crippen LogP contribution in [0.2, 0.25) is 5.02 Å². The molecule has 0 spiro atoms. The van der Waals surface area contributed by atoms with Crippen molar-refractivity contribution in [2.45, 2.75) is 28.8 Å². The fourth-order valence-corrected chi connectivity index (χ4v) is 4.75. The number of nitrogens with one attached hydrogen (secondary N) is 1. The summed E-state index contributed by atoms with van der Waals surface area (Å²) in [6, 6.07) is 8.35. The van der Waals surface area contributed by atoms with Crippen molar-refractivity contribution in [3.63, 3.8) is 0 Å². The van der Waals surface area contributed by atoms with E-state index in [4.69, 9.17) is 11.6 Å². The number of hydrogen-bond acceptors (Lipinski definition) is 6. The minimum absolute atomic E-state index is 0.373. The zero-order valence-corrected chi connectivity index (χ0v) is 17.6. The number of halogens is 1. The van der Waals surface area contributed by atoms with Crippen LogP contribution in [0.15, 0.2) is 59.1 Å². The van der Waals surface area contributed by atoms with Crippen LogP contribution in [-0.2, 0) is 0 Å². The van der Waals surface area contributed by atoms with Gasteiger partial charge in [0.25, 0.3) is 0 Å². The topological polar surface area (TPSA) is 83.8 Å². The number of hydrogen-bond donors (Lipinski definition) is 1. The smallest absolute Gasteiger partial charge is 0.103 e. The predicted octanol–water partition coefficient (Wildman–Crippen LogP) is 4.19. The van der Waals surface area contributed by atoms with E-state index < -0.39 is 0 Å². The van der Waals surface area contributed by atoms with Gasteiger partial charge in [0.05, 0.1) is 34.5 Å². The molecule has 0 aliphatic carbocycles. The van der Waals surface area contributed by atoms with E-state index in [-0.39, 0.29) is 0 Å². The van der Waals surface area contributed by atoms with E-state index in [1.54, 1.807) is 16.9 Å². The van der Waals surface area contributed by atoms with Gasteiger partial charge in [0.2, 0.25) is 0 Å². The van der Waals surface area contributed by atoms with E-state index in [2.05, 4.69) is 38.8 Å². The maximum absolute atomic E-state index is 9.52. The molecule has 1 unspecified atom stereocenters. The lowest BCUT2D eigenvalue weighted by atomic mass is 10.1. The first kappa shape index (κ1) is 19.1. The molecule has 9 heteroatoms. The molecule has 7 nitrogen and oxygen atoms in total. The summed E-state index contributed by atoms with van der Waals surface area (Å²) >= 11 is 7.45. The largest absolute Gasteiger partial charge is 0.315 e. The molecule has 0 aromatic carbocycles. The van der Waals surface area contributed by atoms with Crippen LogP contribution in [0.3, 0.4) is 0 Å². The number of rotatable bonds is 4. The molecule has 4 aromatic rings. The number of piperidine rings is 1. The fourth-order valence-electron chi connectivity index (χ4n) is 3.68. The zero-order valence-electron chi connectivity index (χ0n) is 16.0. The second-order valence-electron chi connectivity index (χ2n) is 7.18. The van der Waals surface area contributed by atoms with Gasteiger partial charge in [-0.05, 0) is 37.6 Å². The average molecular weight is 436 g/mol. The first-order valence-corrected chi connectivity index (χ1v) is 10.9. The molecule has 1 fully saturated rings. The number of fused-ring (bicyclic) bond motifs is 1. The summed E-state index contributed by atoms with van der Waals surface area (Å²) < 4.78 is 3.80. The van der Waals surface area contributed by atoms with E-state index in [1.807, 2.05) is 29.2 Å². The number of aromatic nitrogens is 5. The van der Waals surface area contributed by atoms with Crippen molar-refractivity contribution >= 4 is 28.9 Å². The molecule has 1 aliphatic rings. The van der Waals surface area contributed by atoms with E-state index in [1.165, 1.54) is 11.8 Å². The molecule has 0 bridgehead atoms. The summed E-state index contributed by atoms with van der Waals surface area (Å²) in [4.78, 5) is 5.29. The van der Waals surface area contributed by atoms with Crippen LogP contribution in [0, 0.1) is 11.3 Å². The molecule has 0 amide bonds. The molecular formula is C21H18ClN7S. The molecule has 5 rings (SSSR count). The van der Waals surface area contributed by atoms with Crippen molar-refractivity contribution < 1.29 is 0 Å². The molecule has 1 aliphatic heterocycles. The lowest BCUT2D eigenvalue weighted by Crippen LogP contribution is -2.31. The summed E-state index contributed by atoms with van der Waals surface area (Å²) in [5.74, 6) is 0. The van der Waals surface area contributed by atoms with Crippen LogP contribution < -0.4 is 5.32 Å². The minimum atomic E-state index is 0.373. The summed E-state index contributed by atoms with van der Waals surface area (Å²) in [6.45, 7) is 2.01. The molecule has 150 valence electrons. The van der Waals surface area contributed by atoms with Crippen LogP contribution in [0.1, 0.15) is 24.4 Å². The van der Waals surface area contributed by atoms with E-state index in [9.17, 15) is 5.26 Å². The Hall–Kier alpha value is -2.86. The second-order valence-corrected chi connectivity index (χ2v) is 8.68. The Bertz CT molecular complexity index is 1230. The van der Waals surface area contributed by atoms with Gasteiger partial charge in [0.1, 0.15) is 11.1 Å². The third-order valence-electron chi connectivity index (χ3n) is 5.19. The SMILES string of the molecule is N#Cc1cnn2cc(-c3cnn(C4CCCNC4)c3)cc(Sc3ccc(Cl)cn3)c12. The fraction of sp³-hybridized carbons (Fsp3) is 0.238. The number of nitrogens with zero attached hydrogens (tertiary/aromatic N) is 6. The maximum Gasteiger partial charge on any atom is 0.103 e. The highest BCUT2D eigenvalue weighted by Gasteiger charge is 2.18. The van der Waals surface area contributed by atoms with Crippen LogP contribution >= 0.6 is 23.4 Å². The van der Waals surface area contributed by atoms with Crippen LogP contribution in [0.25, 0.3) is 16.6 Å². The van der Waals surface area contributed by atoms with Gasteiger partial charge in [-0.1, -0.05) is 23.4 Å². The van der Waals surface area contributed by atoms with Gasteiger partial charge in [-0.25, -0.2) is 9.50 Å². The van der Waals surface area contributed by atoms with Crippen molar-refractivity contribution in [1.82, 2.24) is 29.7 Å². The standard InChI is InChI=1S/C21H18ClN7S/c22-17-3-4-20(25-10-17)30-19-6-14(12-29-21(19)15(7-23)8-27-29)16-9-26-28(13-16)18-2-1-5-24-11-18/h3-4,6,8-10,12-13,18,24H,1-2,5,11H2. The molecule has 1 N–H and O–H groups in total. The van der Waals surface area contributed by atoms with Gasteiger partial charge in [-0.2, -0.15) is 15.5 Å². The lowest BCUT2D eigenvalue weighted by molar-refractivity contribution is 0.347.